The Hall–Kier alpha value is -2.79. The molecule has 35 heavy (non-hydrogen) atoms. The maximum atomic E-state index is 16.4. The van der Waals surface area contributed by atoms with Crippen LogP contribution in [0.2, 0.25) is 5.02 Å². The van der Waals surface area contributed by atoms with Crippen LogP contribution in [-0.4, -0.2) is 66.3 Å². The van der Waals surface area contributed by atoms with Gasteiger partial charge in [0.25, 0.3) is 0 Å². The molecule has 180 valence electrons. The molecule has 0 aliphatic carbocycles. The van der Waals surface area contributed by atoms with Crippen molar-refractivity contribution in [2.75, 3.05) is 54.8 Å². The Morgan fingerprint density at radius 1 is 1.11 bits per heavy atom. The van der Waals surface area contributed by atoms with E-state index in [9.17, 15) is 0 Å². The first kappa shape index (κ1) is 21.5. The molecular weight excluding hydrogens is 487 g/mol. The number of rotatable bonds is 3. The molecule has 8 nitrogen and oxygen atoms in total. The highest BCUT2D eigenvalue weighted by molar-refractivity contribution is 7.22. The van der Waals surface area contributed by atoms with Crippen molar-refractivity contribution in [3.63, 3.8) is 0 Å². The maximum absolute atomic E-state index is 16.4. The minimum atomic E-state index is -0.451. The van der Waals surface area contributed by atoms with Crippen molar-refractivity contribution < 1.29 is 4.39 Å². The predicted molar refractivity (Wildman–Crippen MR) is 140 cm³/mol. The van der Waals surface area contributed by atoms with Crippen molar-refractivity contribution in [2.45, 2.75) is 18.5 Å². The van der Waals surface area contributed by atoms with Gasteiger partial charge in [-0.25, -0.2) is 14.4 Å². The fraction of sp³-hybridized carbons (Fsp3) is 0.375. The monoisotopic (exact) mass is 510 g/mol. The molecule has 2 aromatic carbocycles. The van der Waals surface area contributed by atoms with Crippen molar-refractivity contribution in [3.8, 4) is 11.1 Å². The predicted octanol–water partition coefficient (Wildman–Crippen LogP) is 3.24. The first-order valence-corrected chi connectivity index (χ1v) is 13.1. The van der Waals surface area contributed by atoms with Crippen LogP contribution < -0.4 is 26.2 Å². The van der Waals surface area contributed by atoms with Crippen molar-refractivity contribution in [2.24, 2.45) is 0 Å². The maximum Gasteiger partial charge on any atom is 0.228 e. The highest BCUT2D eigenvalue weighted by Gasteiger charge is 2.43. The zero-order valence-electron chi connectivity index (χ0n) is 18.9. The third kappa shape index (κ3) is 3.35. The van der Waals surface area contributed by atoms with E-state index in [1.807, 2.05) is 18.2 Å². The molecule has 11 heteroatoms. The number of nitrogen functional groups attached to an aromatic ring is 1. The van der Waals surface area contributed by atoms with Crippen LogP contribution in [0.15, 0.2) is 24.3 Å². The largest absolute Gasteiger partial charge is 0.375 e. The van der Waals surface area contributed by atoms with Gasteiger partial charge in [-0.3, -0.25) is 0 Å². The lowest BCUT2D eigenvalue weighted by atomic mass is 9.98. The van der Waals surface area contributed by atoms with E-state index in [-0.39, 0.29) is 5.52 Å². The van der Waals surface area contributed by atoms with Crippen LogP contribution in [0.1, 0.15) is 6.42 Å². The first-order valence-electron chi connectivity index (χ1n) is 11.9. The number of halogens is 2. The van der Waals surface area contributed by atoms with E-state index in [2.05, 4.69) is 25.4 Å². The second-order valence-corrected chi connectivity index (χ2v) is 10.8. The Labute approximate surface area is 210 Å². The SMILES string of the molecule is Nc1nc2c(-c3c(Cl)cc4c(N5CCNCC5)nc(N5C[C@@H]6NCC[C@H]65)nc4c3F)cccc2s1. The van der Waals surface area contributed by atoms with Crippen molar-refractivity contribution in [1.29, 1.82) is 0 Å². The third-order valence-electron chi connectivity index (χ3n) is 7.33. The summed E-state index contributed by atoms with van der Waals surface area (Å²) in [5.74, 6) is 0.872. The molecule has 5 heterocycles. The number of piperazine rings is 1. The fourth-order valence-electron chi connectivity index (χ4n) is 5.58. The quantitative estimate of drug-likeness (QED) is 0.386. The molecule has 2 aromatic heterocycles. The summed E-state index contributed by atoms with van der Waals surface area (Å²) in [7, 11) is 0. The molecule has 7 rings (SSSR count). The highest BCUT2D eigenvalue weighted by Crippen LogP contribution is 2.42. The Bertz CT molecular complexity index is 1470. The summed E-state index contributed by atoms with van der Waals surface area (Å²) >= 11 is 8.15. The lowest BCUT2D eigenvalue weighted by Gasteiger charge is -2.44. The number of hydrogen-bond donors (Lipinski definition) is 3. The molecule has 4 aromatic rings. The Kier molecular flexibility index (Phi) is 4.99. The summed E-state index contributed by atoms with van der Waals surface area (Å²) in [4.78, 5) is 18.6. The molecule has 3 aliphatic rings. The van der Waals surface area contributed by atoms with E-state index in [0.717, 1.165) is 56.2 Å². The van der Waals surface area contributed by atoms with Crippen LogP contribution >= 0.6 is 22.9 Å². The standard InChI is InChI=1S/C24H24ClFN8S/c25-14-10-13-21(19(26)18(14)12-2-1-3-17-20(12)30-23(27)35-17)31-24(34-11-15-16(34)4-5-29-15)32-22(13)33-8-6-28-7-9-33/h1-3,10,15-16,28-29H,4-9,11H2,(H2,27,30)/t15-,16+/m0/s1. The van der Waals surface area contributed by atoms with E-state index in [1.54, 1.807) is 6.07 Å². The summed E-state index contributed by atoms with van der Waals surface area (Å²) in [6, 6.07) is 8.25. The van der Waals surface area contributed by atoms with Gasteiger partial charge >= 0.3 is 0 Å². The zero-order valence-corrected chi connectivity index (χ0v) is 20.5. The molecule has 0 saturated carbocycles. The van der Waals surface area contributed by atoms with Gasteiger partial charge in [0.2, 0.25) is 5.95 Å². The van der Waals surface area contributed by atoms with E-state index in [4.69, 9.17) is 27.3 Å². The number of nitrogens with two attached hydrogens (primary N) is 1. The van der Waals surface area contributed by atoms with Gasteiger partial charge in [0.05, 0.1) is 21.3 Å². The number of aromatic nitrogens is 3. The van der Waals surface area contributed by atoms with Gasteiger partial charge in [-0.1, -0.05) is 35.1 Å². The molecule has 0 bridgehead atoms. The molecule has 3 aliphatic heterocycles. The molecule has 2 atom stereocenters. The van der Waals surface area contributed by atoms with Gasteiger partial charge in [0, 0.05) is 55.3 Å². The molecule has 0 unspecified atom stereocenters. The lowest BCUT2D eigenvalue weighted by Crippen LogP contribution is -2.61. The van der Waals surface area contributed by atoms with E-state index in [0.29, 0.717) is 50.2 Å². The van der Waals surface area contributed by atoms with Crippen LogP contribution in [0.5, 0.6) is 0 Å². The topological polar surface area (TPSA) is 95.2 Å². The molecule has 0 radical (unpaired) electrons. The molecular formula is C24H24ClFN8S. The average Bonchev–Trinajstić information content (AvgIpc) is 3.41. The second kappa shape index (κ2) is 8.12. The van der Waals surface area contributed by atoms with Crippen molar-refractivity contribution in [1.82, 2.24) is 25.6 Å². The normalized spacial score (nSPS) is 22.1. The molecule has 0 spiro atoms. The van der Waals surface area contributed by atoms with E-state index < -0.39 is 5.82 Å². The van der Waals surface area contributed by atoms with E-state index >= 15 is 4.39 Å². The minimum absolute atomic E-state index is 0.289. The molecule has 4 N–H and O–H groups in total. The van der Waals surface area contributed by atoms with Gasteiger partial charge in [-0.15, -0.1) is 0 Å². The van der Waals surface area contributed by atoms with Crippen molar-refractivity contribution >= 4 is 61.0 Å². The number of benzene rings is 2. The average molecular weight is 511 g/mol. The van der Waals surface area contributed by atoms with Gasteiger partial charge in [0.15, 0.2) is 10.9 Å². The summed E-state index contributed by atoms with van der Waals surface area (Å²) in [5.41, 5.74) is 7.82. The molecule has 3 saturated heterocycles. The number of para-hydroxylation sites is 1. The van der Waals surface area contributed by atoms with Crippen LogP contribution in [-0.2, 0) is 0 Å². The van der Waals surface area contributed by atoms with Crippen LogP contribution in [0, 0.1) is 5.82 Å². The number of anilines is 3. The van der Waals surface area contributed by atoms with Crippen LogP contribution in [0.25, 0.3) is 32.2 Å². The summed E-state index contributed by atoms with van der Waals surface area (Å²) < 4.78 is 17.3. The smallest absolute Gasteiger partial charge is 0.228 e. The number of hydrogen-bond acceptors (Lipinski definition) is 9. The number of nitrogens with one attached hydrogen (secondary N) is 2. The summed E-state index contributed by atoms with van der Waals surface area (Å²) in [6.45, 7) is 5.09. The number of nitrogens with zero attached hydrogens (tertiary/aromatic N) is 5. The summed E-state index contributed by atoms with van der Waals surface area (Å²) in [6.07, 6.45) is 1.04. The van der Waals surface area contributed by atoms with Gasteiger partial charge in [-0.05, 0) is 25.1 Å². The van der Waals surface area contributed by atoms with Gasteiger partial charge in [0.1, 0.15) is 11.3 Å². The second-order valence-electron chi connectivity index (χ2n) is 9.30. The number of fused-ring (bicyclic) bond motifs is 3. The Morgan fingerprint density at radius 2 is 1.97 bits per heavy atom. The first-order chi connectivity index (χ1) is 17.1. The fourth-order valence-corrected chi connectivity index (χ4v) is 6.64. The van der Waals surface area contributed by atoms with E-state index in [1.165, 1.54) is 11.3 Å². The number of thiazole rings is 1. The highest BCUT2D eigenvalue weighted by atomic mass is 35.5. The molecule has 0 amide bonds. The molecule has 3 fully saturated rings. The summed E-state index contributed by atoms with van der Waals surface area (Å²) in [5, 5.41) is 8.27. The van der Waals surface area contributed by atoms with Crippen molar-refractivity contribution in [3.05, 3.63) is 35.1 Å². The Morgan fingerprint density at radius 3 is 2.80 bits per heavy atom. The van der Waals surface area contributed by atoms with Gasteiger partial charge in [-0.2, -0.15) is 4.98 Å². The zero-order chi connectivity index (χ0) is 23.7. The lowest BCUT2D eigenvalue weighted by molar-refractivity contribution is 0.389. The van der Waals surface area contributed by atoms with Crippen LogP contribution in [0.4, 0.5) is 21.3 Å². The van der Waals surface area contributed by atoms with Crippen LogP contribution in [0.3, 0.4) is 0 Å². The van der Waals surface area contributed by atoms with Gasteiger partial charge < -0.3 is 26.2 Å². The minimum Gasteiger partial charge on any atom is -0.375 e. The third-order valence-corrected chi connectivity index (χ3v) is 8.48. The Balaban J connectivity index is 1.45.